The zero-order valence-corrected chi connectivity index (χ0v) is 15.3. The second-order valence-corrected chi connectivity index (χ2v) is 8.24. The van der Waals surface area contributed by atoms with Crippen LogP contribution >= 0.6 is 0 Å². The van der Waals surface area contributed by atoms with Crippen LogP contribution in [0.4, 0.5) is 11.5 Å². The maximum absolute atomic E-state index is 10.1. The molecule has 0 radical (unpaired) electrons. The number of aromatic amines is 1. The summed E-state index contributed by atoms with van der Waals surface area (Å²) in [5.41, 5.74) is 2.58. The Morgan fingerprint density at radius 3 is 2.64 bits per heavy atom. The van der Waals surface area contributed by atoms with Gasteiger partial charge in [0.15, 0.2) is 5.82 Å². The summed E-state index contributed by atoms with van der Waals surface area (Å²) in [4.78, 5) is 9.11. The number of nitrogens with one attached hydrogen (secondary N) is 1. The number of rotatable bonds is 3. The van der Waals surface area contributed by atoms with E-state index in [0.29, 0.717) is 5.41 Å². The Kier molecular flexibility index (Phi) is 3.76. The fourth-order valence-corrected chi connectivity index (χ4v) is 4.12. The topological polar surface area (TPSA) is 68.3 Å². The Morgan fingerprint density at radius 2 is 1.96 bits per heavy atom. The lowest BCUT2D eigenvalue weighted by atomic mass is 9.73. The summed E-state index contributed by atoms with van der Waals surface area (Å²) < 4.78 is 0. The Balaban J connectivity index is 1.45. The first-order valence-electron chi connectivity index (χ1n) is 9.06. The van der Waals surface area contributed by atoms with Gasteiger partial charge in [-0.25, -0.2) is 0 Å². The van der Waals surface area contributed by atoms with Gasteiger partial charge in [-0.05, 0) is 45.7 Å². The smallest absolute Gasteiger partial charge is 0.150 e. The van der Waals surface area contributed by atoms with Gasteiger partial charge in [-0.3, -0.25) is 10.1 Å². The zero-order chi connectivity index (χ0) is 17.7. The molecule has 0 unspecified atom stereocenters. The van der Waals surface area contributed by atoms with Gasteiger partial charge in [-0.15, -0.1) is 0 Å². The fourth-order valence-electron chi connectivity index (χ4n) is 4.12. The predicted molar refractivity (Wildman–Crippen MR) is 98.9 cm³/mol. The number of aromatic nitrogens is 3. The number of hydrogen-bond donors (Lipinski definition) is 2. The molecule has 2 aliphatic heterocycles. The summed E-state index contributed by atoms with van der Waals surface area (Å²) in [6.07, 6.45) is 4.35. The lowest BCUT2D eigenvalue weighted by molar-refractivity contribution is 0.0738. The molecule has 0 atom stereocenters. The highest BCUT2D eigenvalue weighted by Gasteiger charge is 2.46. The number of hydrogen-bond acceptors (Lipinski definition) is 5. The summed E-state index contributed by atoms with van der Waals surface area (Å²) in [6.45, 7) is 9.85. The van der Waals surface area contributed by atoms with Crippen molar-refractivity contribution in [2.24, 2.45) is 5.41 Å². The van der Waals surface area contributed by atoms with Gasteiger partial charge < -0.3 is 14.9 Å². The summed E-state index contributed by atoms with van der Waals surface area (Å²) in [5.74, 6) is 0.953. The largest absolute Gasteiger partial charge is 0.384 e. The molecule has 6 heteroatoms. The van der Waals surface area contributed by atoms with Crippen LogP contribution in [0.1, 0.15) is 38.1 Å². The minimum Gasteiger partial charge on any atom is -0.384 e. The summed E-state index contributed by atoms with van der Waals surface area (Å²) in [5, 5.41) is 17.6. The van der Waals surface area contributed by atoms with Gasteiger partial charge in [0.2, 0.25) is 0 Å². The number of piperidine rings is 1. The van der Waals surface area contributed by atoms with Crippen LogP contribution in [-0.2, 0) is 5.60 Å². The van der Waals surface area contributed by atoms with Crippen LogP contribution in [0.5, 0.6) is 0 Å². The number of H-pyrrole nitrogens is 1. The van der Waals surface area contributed by atoms with Crippen molar-refractivity contribution in [3.05, 3.63) is 35.8 Å². The fraction of sp³-hybridized carbons (Fsp3) is 0.579. The van der Waals surface area contributed by atoms with Gasteiger partial charge in [0.05, 0.1) is 5.69 Å². The van der Waals surface area contributed by atoms with Crippen molar-refractivity contribution in [1.82, 2.24) is 15.2 Å². The molecule has 0 aliphatic carbocycles. The zero-order valence-electron chi connectivity index (χ0n) is 15.3. The van der Waals surface area contributed by atoms with E-state index >= 15 is 0 Å². The average Bonchev–Trinajstić information content (AvgIpc) is 3.03. The van der Waals surface area contributed by atoms with Crippen molar-refractivity contribution in [3.8, 4) is 0 Å². The maximum atomic E-state index is 10.1. The van der Waals surface area contributed by atoms with E-state index in [4.69, 9.17) is 0 Å². The molecular weight excluding hydrogens is 314 g/mol. The molecule has 2 saturated heterocycles. The van der Waals surface area contributed by atoms with E-state index < -0.39 is 5.60 Å². The Labute approximate surface area is 148 Å². The molecular formula is C19H27N5O. The molecule has 2 aromatic heterocycles. The highest BCUT2D eigenvalue weighted by molar-refractivity contribution is 5.51. The van der Waals surface area contributed by atoms with Crippen LogP contribution in [0.2, 0.25) is 0 Å². The molecule has 4 heterocycles. The Hall–Kier alpha value is -2.08. The maximum Gasteiger partial charge on any atom is 0.150 e. The van der Waals surface area contributed by atoms with E-state index in [1.54, 1.807) is 13.8 Å². The third-order valence-corrected chi connectivity index (χ3v) is 5.51. The normalized spacial score (nSPS) is 20.0. The monoisotopic (exact) mass is 341 g/mol. The van der Waals surface area contributed by atoms with Gasteiger partial charge in [-0.1, -0.05) is 0 Å². The molecule has 2 fully saturated rings. The summed E-state index contributed by atoms with van der Waals surface area (Å²) >= 11 is 0. The first-order valence-corrected chi connectivity index (χ1v) is 9.06. The standard InChI is InChI=1S/C19H27N5O/c1-14-9-15(5-7-20-14)24-12-19(13-24)6-4-8-23(11-19)17-10-16(21-22-17)18(2,3)25/h5,7,9-10,25H,4,6,8,11-13H2,1-3H3,(H,21,22). The van der Waals surface area contributed by atoms with Crippen LogP contribution in [-0.4, -0.2) is 46.5 Å². The van der Waals surface area contributed by atoms with E-state index in [9.17, 15) is 5.11 Å². The van der Waals surface area contributed by atoms with Gasteiger partial charge in [0, 0.05) is 55.2 Å². The summed E-state index contributed by atoms with van der Waals surface area (Å²) in [6, 6.07) is 6.25. The van der Waals surface area contributed by atoms with Crippen molar-refractivity contribution < 1.29 is 5.11 Å². The average molecular weight is 341 g/mol. The SMILES string of the molecule is Cc1cc(N2CC3(CCCN(c4cc(C(C)(C)O)[nH]n4)C3)C2)ccn1. The van der Waals surface area contributed by atoms with E-state index in [2.05, 4.69) is 37.1 Å². The van der Waals surface area contributed by atoms with Gasteiger partial charge in [0.1, 0.15) is 5.60 Å². The van der Waals surface area contributed by atoms with E-state index in [1.165, 1.54) is 18.5 Å². The van der Waals surface area contributed by atoms with Crippen molar-refractivity contribution in [1.29, 1.82) is 0 Å². The van der Waals surface area contributed by atoms with Crippen molar-refractivity contribution >= 4 is 11.5 Å². The molecule has 0 saturated carbocycles. The number of pyridine rings is 1. The highest BCUT2D eigenvalue weighted by Crippen LogP contribution is 2.42. The highest BCUT2D eigenvalue weighted by atomic mass is 16.3. The van der Waals surface area contributed by atoms with Crippen molar-refractivity contribution in [2.75, 3.05) is 36.0 Å². The van der Waals surface area contributed by atoms with Crippen LogP contribution in [0.15, 0.2) is 24.4 Å². The first kappa shape index (κ1) is 16.4. The van der Waals surface area contributed by atoms with Crippen molar-refractivity contribution in [3.63, 3.8) is 0 Å². The molecule has 2 N–H and O–H groups in total. The Bertz CT molecular complexity index is 757. The predicted octanol–water partition coefficient (Wildman–Crippen LogP) is 2.45. The minimum atomic E-state index is -0.884. The molecule has 6 nitrogen and oxygen atoms in total. The molecule has 2 aliphatic rings. The number of anilines is 2. The molecule has 0 amide bonds. The van der Waals surface area contributed by atoms with Crippen LogP contribution in [0.3, 0.4) is 0 Å². The van der Waals surface area contributed by atoms with Gasteiger partial charge in [0.25, 0.3) is 0 Å². The van der Waals surface area contributed by atoms with E-state index in [-0.39, 0.29) is 0 Å². The van der Waals surface area contributed by atoms with Gasteiger partial charge >= 0.3 is 0 Å². The molecule has 2 aromatic rings. The second-order valence-electron chi connectivity index (χ2n) is 8.24. The summed E-state index contributed by atoms with van der Waals surface area (Å²) in [7, 11) is 0. The molecule has 1 spiro atoms. The van der Waals surface area contributed by atoms with Crippen molar-refractivity contribution in [2.45, 2.75) is 39.2 Å². The molecule has 25 heavy (non-hydrogen) atoms. The number of aryl methyl sites for hydroxylation is 1. The lowest BCUT2D eigenvalue weighted by Crippen LogP contribution is -2.63. The third kappa shape index (κ3) is 3.11. The molecule has 0 aromatic carbocycles. The first-order chi connectivity index (χ1) is 11.8. The molecule has 0 bridgehead atoms. The number of nitrogens with zero attached hydrogens (tertiary/aromatic N) is 4. The quantitative estimate of drug-likeness (QED) is 0.897. The van der Waals surface area contributed by atoms with E-state index in [0.717, 1.165) is 43.4 Å². The third-order valence-electron chi connectivity index (χ3n) is 5.51. The second kappa shape index (κ2) is 5.73. The molecule has 134 valence electrons. The lowest BCUT2D eigenvalue weighted by Gasteiger charge is -2.55. The molecule has 4 rings (SSSR count). The van der Waals surface area contributed by atoms with Crippen LogP contribution in [0, 0.1) is 12.3 Å². The Morgan fingerprint density at radius 1 is 1.20 bits per heavy atom. The minimum absolute atomic E-state index is 0.350. The van der Waals surface area contributed by atoms with Crippen LogP contribution < -0.4 is 9.80 Å². The van der Waals surface area contributed by atoms with Gasteiger partial charge in [-0.2, -0.15) is 5.10 Å². The number of aliphatic hydroxyl groups is 1. The van der Waals surface area contributed by atoms with E-state index in [1.807, 2.05) is 19.2 Å². The van der Waals surface area contributed by atoms with Crippen LogP contribution in [0.25, 0.3) is 0 Å².